The Balaban J connectivity index is 2.22. The van der Waals surface area contributed by atoms with E-state index in [0.717, 1.165) is 30.4 Å². The molecule has 92 valence electrons. The van der Waals surface area contributed by atoms with Crippen LogP contribution in [0.5, 0.6) is 0 Å². The first-order valence-corrected chi connectivity index (χ1v) is 6.31. The molecule has 1 aromatic rings. The van der Waals surface area contributed by atoms with Gasteiger partial charge in [0.2, 0.25) is 0 Å². The lowest BCUT2D eigenvalue weighted by molar-refractivity contribution is 0.0911. The van der Waals surface area contributed by atoms with Crippen LogP contribution in [0, 0.1) is 20.8 Å². The summed E-state index contributed by atoms with van der Waals surface area (Å²) in [7, 11) is 0. The van der Waals surface area contributed by atoms with E-state index in [1.54, 1.807) is 0 Å². The topological polar surface area (TPSA) is 43.1 Å². The Hall–Kier alpha value is -1.15. The second kappa shape index (κ2) is 4.26. The maximum Gasteiger partial charge on any atom is 0.164 e. The van der Waals surface area contributed by atoms with Crippen LogP contribution in [0.2, 0.25) is 0 Å². The van der Waals surface area contributed by atoms with Crippen LogP contribution in [-0.2, 0) is 0 Å². The minimum Gasteiger partial charge on any atom is -0.325 e. The molecule has 1 aliphatic carbocycles. The van der Waals surface area contributed by atoms with Crippen LogP contribution < -0.4 is 5.73 Å². The molecule has 2 nitrogen and oxygen atoms in total. The van der Waals surface area contributed by atoms with Crippen molar-refractivity contribution in [1.29, 1.82) is 0 Å². The number of aryl methyl sites for hydroxylation is 3. The second-order valence-corrected chi connectivity index (χ2v) is 5.57. The average molecular weight is 231 g/mol. The van der Waals surface area contributed by atoms with E-state index in [0.29, 0.717) is 6.42 Å². The zero-order valence-corrected chi connectivity index (χ0v) is 11.0. The largest absolute Gasteiger partial charge is 0.325 e. The Morgan fingerprint density at radius 1 is 1.18 bits per heavy atom. The van der Waals surface area contributed by atoms with Crippen molar-refractivity contribution in [2.24, 2.45) is 5.73 Å². The molecule has 0 bridgehead atoms. The summed E-state index contributed by atoms with van der Waals surface area (Å²) in [5.41, 5.74) is 10.3. The van der Waals surface area contributed by atoms with E-state index in [-0.39, 0.29) is 11.3 Å². The van der Waals surface area contributed by atoms with E-state index in [1.165, 1.54) is 11.1 Å². The monoisotopic (exact) mass is 231 g/mol. The van der Waals surface area contributed by atoms with E-state index in [1.807, 2.05) is 19.9 Å². The lowest BCUT2D eigenvalue weighted by Crippen LogP contribution is -2.48. The van der Waals surface area contributed by atoms with Crippen LogP contribution in [0.25, 0.3) is 0 Å². The van der Waals surface area contributed by atoms with Crippen molar-refractivity contribution in [3.05, 3.63) is 34.4 Å². The fourth-order valence-corrected chi connectivity index (χ4v) is 2.48. The second-order valence-electron chi connectivity index (χ2n) is 5.57. The highest BCUT2D eigenvalue weighted by molar-refractivity contribution is 5.98. The Morgan fingerprint density at radius 3 is 2.29 bits per heavy atom. The van der Waals surface area contributed by atoms with Crippen molar-refractivity contribution in [1.82, 2.24) is 0 Å². The Morgan fingerprint density at radius 2 is 1.76 bits per heavy atom. The van der Waals surface area contributed by atoms with Gasteiger partial charge in [0.25, 0.3) is 0 Å². The van der Waals surface area contributed by atoms with Crippen LogP contribution in [-0.4, -0.2) is 11.3 Å². The molecule has 2 rings (SSSR count). The predicted molar refractivity (Wildman–Crippen MR) is 70.4 cm³/mol. The smallest absolute Gasteiger partial charge is 0.164 e. The summed E-state index contributed by atoms with van der Waals surface area (Å²) in [5.74, 6) is 0.202. The minimum atomic E-state index is -0.220. The number of ketones is 1. The summed E-state index contributed by atoms with van der Waals surface area (Å²) in [6.45, 7) is 6.13. The highest BCUT2D eigenvalue weighted by atomic mass is 16.1. The molecule has 1 aromatic carbocycles. The molecule has 2 heteroatoms. The molecule has 1 fully saturated rings. The summed E-state index contributed by atoms with van der Waals surface area (Å²) in [5, 5.41) is 0. The molecule has 0 amide bonds. The van der Waals surface area contributed by atoms with Gasteiger partial charge in [-0.15, -0.1) is 0 Å². The predicted octanol–water partition coefficient (Wildman–Crippen LogP) is 3.07. The van der Waals surface area contributed by atoms with Crippen molar-refractivity contribution in [3.63, 3.8) is 0 Å². The molecule has 1 saturated carbocycles. The van der Waals surface area contributed by atoms with E-state index in [4.69, 9.17) is 5.73 Å². The third kappa shape index (κ3) is 2.42. The highest BCUT2D eigenvalue weighted by Crippen LogP contribution is 2.33. The molecule has 2 N–H and O–H groups in total. The minimum absolute atomic E-state index is 0.202. The maximum absolute atomic E-state index is 12.3. The Kier molecular flexibility index (Phi) is 3.09. The van der Waals surface area contributed by atoms with Crippen LogP contribution in [0.15, 0.2) is 12.1 Å². The summed E-state index contributed by atoms with van der Waals surface area (Å²) in [6.07, 6.45) is 3.64. The molecule has 0 spiro atoms. The summed E-state index contributed by atoms with van der Waals surface area (Å²) >= 11 is 0. The maximum atomic E-state index is 12.3. The molecule has 0 saturated heterocycles. The zero-order valence-electron chi connectivity index (χ0n) is 11.0. The van der Waals surface area contributed by atoms with Crippen molar-refractivity contribution in [2.45, 2.75) is 52.0 Å². The zero-order chi connectivity index (χ0) is 12.6. The van der Waals surface area contributed by atoms with E-state index in [9.17, 15) is 4.79 Å². The molecule has 0 aromatic heterocycles. The number of Topliss-reactive ketones (excluding diaryl/α,β-unsaturated/α-hetero) is 1. The molecular formula is C15H21NO. The standard InChI is InChI=1S/C15H21NO/c1-10-7-12(3)13(8-11(10)2)14(17)9-15(16)5-4-6-15/h7-8H,4-6,9,16H2,1-3H3. The first kappa shape index (κ1) is 12.3. The molecule has 0 atom stereocenters. The average Bonchev–Trinajstić information content (AvgIpc) is 2.21. The van der Waals surface area contributed by atoms with Gasteiger partial charge in [-0.2, -0.15) is 0 Å². The van der Waals surface area contributed by atoms with Gasteiger partial charge in [0.05, 0.1) is 0 Å². The quantitative estimate of drug-likeness (QED) is 0.812. The van der Waals surface area contributed by atoms with Gasteiger partial charge in [-0.05, 0) is 62.8 Å². The van der Waals surface area contributed by atoms with Gasteiger partial charge < -0.3 is 5.73 Å². The molecule has 1 aliphatic rings. The summed E-state index contributed by atoms with van der Waals surface area (Å²) in [4.78, 5) is 12.3. The van der Waals surface area contributed by atoms with Gasteiger partial charge in [0, 0.05) is 17.5 Å². The van der Waals surface area contributed by atoms with E-state index in [2.05, 4.69) is 13.0 Å². The number of carbonyl (C=O) groups excluding carboxylic acids is 1. The van der Waals surface area contributed by atoms with E-state index < -0.39 is 0 Å². The van der Waals surface area contributed by atoms with Crippen LogP contribution in [0.3, 0.4) is 0 Å². The third-order valence-corrected chi connectivity index (χ3v) is 4.00. The van der Waals surface area contributed by atoms with Gasteiger partial charge >= 0.3 is 0 Å². The van der Waals surface area contributed by atoms with Crippen LogP contribution in [0.4, 0.5) is 0 Å². The van der Waals surface area contributed by atoms with E-state index >= 15 is 0 Å². The summed E-state index contributed by atoms with van der Waals surface area (Å²) in [6, 6.07) is 4.10. The van der Waals surface area contributed by atoms with Gasteiger partial charge in [-0.1, -0.05) is 6.07 Å². The number of benzene rings is 1. The van der Waals surface area contributed by atoms with Crippen LogP contribution in [0.1, 0.15) is 52.7 Å². The first-order chi connectivity index (χ1) is 7.91. The summed E-state index contributed by atoms with van der Waals surface area (Å²) < 4.78 is 0. The van der Waals surface area contributed by atoms with Crippen molar-refractivity contribution in [2.75, 3.05) is 0 Å². The Labute approximate surface area is 103 Å². The first-order valence-electron chi connectivity index (χ1n) is 6.31. The lowest BCUT2D eigenvalue weighted by atomic mass is 9.73. The number of nitrogens with two attached hydrogens (primary N) is 1. The Bertz CT molecular complexity index is 458. The molecule has 0 aliphatic heterocycles. The van der Waals surface area contributed by atoms with Gasteiger partial charge in [-0.25, -0.2) is 0 Å². The number of hydrogen-bond donors (Lipinski definition) is 1. The van der Waals surface area contributed by atoms with Crippen LogP contribution >= 0.6 is 0 Å². The van der Waals surface area contributed by atoms with Crippen molar-refractivity contribution < 1.29 is 4.79 Å². The van der Waals surface area contributed by atoms with Crippen molar-refractivity contribution >= 4 is 5.78 Å². The molecule has 0 unspecified atom stereocenters. The normalized spacial score (nSPS) is 17.6. The van der Waals surface area contributed by atoms with Gasteiger partial charge in [0.1, 0.15) is 0 Å². The van der Waals surface area contributed by atoms with Gasteiger partial charge in [0.15, 0.2) is 5.78 Å². The lowest BCUT2D eigenvalue weighted by Gasteiger charge is -2.37. The fraction of sp³-hybridized carbons (Fsp3) is 0.533. The van der Waals surface area contributed by atoms with Crippen molar-refractivity contribution in [3.8, 4) is 0 Å². The molecule has 0 heterocycles. The number of rotatable bonds is 3. The highest BCUT2D eigenvalue weighted by Gasteiger charge is 2.35. The fourth-order valence-electron chi connectivity index (χ4n) is 2.48. The number of hydrogen-bond acceptors (Lipinski definition) is 2. The molecule has 17 heavy (non-hydrogen) atoms. The van der Waals surface area contributed by atoms with Gasteiger partial charge in [-0.3, -0.25) is 4.79 Å². The number of carbonyl (C=O) groups is 1. The molecular weight excluding hydrogens is 210 g/mol. The molecule has 0 radical (unpaired) electrons. The SMILES string of the molecule is Cc1cc(C)c(C(=O)CC2(N)CCC2)cc1C. The third-order valence-electron chi connectivity index (χ3n) is 4.00.